The number of benzene rings is 4. The second kappa shape index (κ2) is 21.1. The fourth-order valence-electron chi connectivity index (χ4n) is 10.2. The van der Waals surface area contributed by atoms with Gasteiger partial charge in [-0.1, -0.05) is 90.8 Å². The highest BCUT2D eigenvalue weighted by Crippen LogP contribution is 2.62. The molecule has 3 N–H and O–H groups in total. The molecule has 1 amide bonds. The molecule has 63 heavy (non-hydrogen) atoms. The molecule has 0 aromatic heterocycles. The number of nitrogens with zero attached hydrogens (tertiary/aromatic N) is 2. The van der Waals surface area contributed by atoms with Crippen LogP contribution in [-0.4, -0.2) is 89.9 Å². The maximum atomic E-state index is 14.6. The van der Waals surface area contributed by atoms with E-state index in [0.29, 0.717) is 30.8 Å². The smallest absolute Gasteiger partial charge is 0.239 e. The van der Waals surface area contributed by atoms with Crippen molar-refractivity contribution in [2.75, 3.05) is 46.2 Å². The van der Waals surface area contributed by atoms with Gasteiger partial charge in [0.05, 0.1) is 38.1 Å². The normalized spacial score (nSPS) is 24.2. The lowest BCUT2D eigenvalue weighted by atomic mass is 9.55. The Kier molecular flexibility index (Phi) is 14.9. The third-order valence-electron chi connectivity index (χ3n) is 13.1. The van der Waals surface area contributed by atoms with Gasteiger partial charge in [-0.3, -0.25) is 4.79 Å². The monoisotopic (exact) mass is 858 g/mol. The molecule has 1 aliphatic heterocycles. The van der Waals surface area contributed by atoms with E-state index in [1.54, 1.807) is 6.08 Å². The van der Waals surface area contributed by atoms with Crippen LogP contribution in [0.2, 0.25) is 0 Å². The topological polar surface area (TPSA) is 140 Å². The summed E-state index contributed by atoms with van der Waals surface area (Å²) in [5.74, 6) is 0.120. The Bertz CT molecular complexity index is 2220. The molecule has 0 bridgehead atoms. The number of carbonyl (C=O) groups excluding carboxylic acids is 1. The number of hydrogen-bond acceptors (Lipinski definition) is 10. The maximum absolute atomic E-state index is 14.6. The van der Waals surface area contributed by atoms with Gasteiger partial charge in [0.2, 0.25) is 11.7 Å². The molecule has 1 heterocycles. The van der Waals surface area contributed by atoms with E-state index in [-0.39, 0.29) is 82.4 Å². The van der Waals surface area contributed by atoms with Gasteiger partial charge >= 0.3 is 0 Å². The molecule has 2 saturated carbocycles. The van der Waals surface area contributed by atoms with Crippen molar-refractivity contribution in [3.63, 3.8) is 0 Å². The first kappa shape index (κ1) is 44.6. The number of rotatable bonds is 23. The summed E-state index contributed by atoms with van der Waals surface area (Å²) in [6.45, 7) is 5.25. The summed E-state index contributed by atoms with van der Waals surface area (Å²) in [6, 6.07) is 29.6. The Morgan fingerprint density at radius 1 is 0.857 bits per heavy atom. The Hall–Kier alpha value is -5.04. The quantitative estimate of drug-likeness (QED) is 0.0380. The molecule has 0 unspecified atom stereocenters. The largest absolute Gasteiger partial charge is 0.459 e. The Balaban J connectivity index is 1.30. The highest BCUT2D eigenvalue weighted by molar-refractivity contribution is 6.03. The van der Waals surface area contributed by atoms with Crippen molar-refractivity contribution in [1.29, 1.82) is 0 Å². The first-order chi connectivity index (χ1) is 31.0. The van der Waals surface area contributed by atoms with Crippen LogP contribution in [0.25, 0.3) is 10.8 Å². The van der Waals surface area contributed by atoms with E-state index < -0.39 is 17.7 Å². The summed E-state index contributed by atoms with van der Waals surface area (Å²) < 4.78 is 27.0. The minimum Gasteiger partial charge on any atom is -0.459 e. The van der Waals surface area contributed by atoms with Gasteiger partial charge in [0, 0.05) is 43.6 Å². The lowest BCUT2D eigenvalue weighted by Crippen LogP contribution is -2.70. The second-order valence-electron chi connectivity index (χ2n) is 17.3. The van der Waals surface area contributed by atoms with E-state index in [1.165, 1.54) is 0 Å². The third-order valence-corrected chi connectivity index (χ3v) is 13.1. The van der Waals surface area contributed by atoms with Crippen molar-refractivity contribution in [1.82, 2.24) is 4.90 Å². The first-order valence-electron chi connectivity index (χ1n) is 22.9. The predicted molar refractivity (Wildman–Crippen MR) is 243 cm³/mol. The van der Waals surface area contributed by atoms with E-state index in [4.69, 9.17) is 28.9 Å². The van der Waals surface area contributed by atoms with Gasteiger partial charge in [0.25, 0.3) is 0 Å². The molecule has 0 radical (unpaired) electrons. The standard InChI is InChI=1S/C52H62N2O9/c1-2-28-60-52-48(54(24-29-59-30-27-57)51(58)38-18-19-38)34-46(53-61-35-36-12-4-3-5-13-36)44-32-40(16-8-10-25-55)43(17-9-11-26-56)49(50(44)52)45-33-42(22-23-47(45)63-52)62-41-21-20-37-14-6-7-15-39(37)31-41/h2-7,12-15,20-23,31-33,38,40,43,48-50,55-57H,1,8-11,16-19,24-30,34-35H2/t40-,43+,48-,49+,50+,52+/m0/s1. The molecule has 0 saturated heterocycles. The molecule has 11 nitrogen and oxygen atoms in total. The van der Waals surface area contributed by atoms with Crippen molar-refractivity contribution >= 4 is 22.4 Å². The zero-order chi connectivity index (χ0) is 43.6. The molecule has 334 valence electrons. The van der Waals surface area contributed by atoms with Crippen LogP contribution in [0.1, 0.15) is 74.8 Å². The lowest BCUT2D eigenvalue weighted by molar-refractivity contribution is -0.258. The molecule has 2 fully saturated rings. The number of aliphatic hydroxyl groups is 3. The summed E-state index contributed by atoms with van der Waals surface area (Å²) in [5, 5.41) is 36.7. The van der Waals surface area contributed by atoms with Crippen molar-refractivity contribution in [2.24, 2.45) is 28.8 Å². The zero-order valence-corrected chi connectivity index (χ0v) is 36.2. The molecule has 11 heteroatoms. The van der Waals surface area contributed by atoms with E-state index in [1.807, 2.05) is 65.6 Å². The average molecular weight is 859 g/mol. The molecular formula is C52H62N2O9. The number of fused-ring (bicyclic) bond motifs is 3. The molecule has 6 atom stereocenters. The molecule has 4 aromatic rings. The third kappa shape index (κ3) is 10.0. The lowest BCUT2D eigenvalue weighted by Gasteiger charge is -2.60. The summed E-state index contributed by atoms with van der Waals surface area (Å²) >= 11 is 0. The zero-order valence-electron chi connectivity index (χ0n) is 36.2. The fraction of sp³-hybridized carbons (Fsp3) is 0.462. The SMILES string of the molecule is C=CCO[C@@]12Oc3ccc(Oc4ccc5ccccc5c4)cc3[C@H]3[C@H](CCCCO)[C@@H](CCCCO)C=C(C(=NOCc4ccccc4)C[C@@H]1N(CCOCCO)C(=O)C1CC1)[C@H]32. The minimum atomic E-state index is -1.37. The fourth-order valence-corrected chi connectivity index (χ4v) is 10.2. The number of hydrogen-bond donors (Lipinski definition) is 3. The number of unbranched alkanes of at least 4 members (excludes halogenated alkanes) is 2. The maximum Gasteiger partial charge on any atom is 0.239 e. The van der Waals surface area contributed by atoms with Crippen molar-refractivity contribution in [3.05, 3.63) is 126 Å². The summed E-state index contributed by atoms with van der Waals surface area (Å²) in [5.41, 5.74) is 3.69. The van der Waals surface area contributed by atoms with Gasteiger partial charge in [-0.25, -0.2) is 0 Å². The van der Waals surface area contributed by atoms with Crippen molar-refractivity contribution < 1.29 is 43.9 Å². The summed E-state index contributed by atoms with van der Waals surface area (Å²) in [7, 11) is 0. The number of aliphatic hydroxyl groups excluding tert-OH is 3. The van der Waals surface area contributed by atoms with Crippen LogP contribution in [0.5, 0.6) is 17.2 Å². The Labute approximate surface area is 370 Å². The van der Waals surface area contributed by atoms with Gasteiger partial charge in [-0.05, 0) is 103 Å². The minimum absolute atomic E-state index is 0.0217. The number of allylic oxidation sites excluding steroid dienone is 1. The Morgan fingerprint density at radius 3 is 2.37 bits per heavy atom. The number of oxime groups is 1. The van der Waals surface area contributed by atoms with E-state index in [2.05, 4.69) is 43.0 Å². The number of amides is 1. The van der Waals surface area contributed by atoms with Gasteiger partial charge in [0.15, 0.2) is 0 Å². The van der Waals surface area contributed by atoms with Crippen LogP contribution < -0.4 is 9.47 Å². The predicted octanol–water partition coefficient (Wildman–Crippen LogP) is 8.71. The van der Waals surface area contributed by atoms with Crippen LogP contribution in [0.3, 0.4) is 0 Å². The molecule has 4 aromatic carbocycles. The van der Waals surface area contributed by atoms with Gasteiger partial charge in [-0.15, -0.1) is 6.58 Å². The van der Waals surface area contributed by atoms with Gasteiger partial charge in [-0.2, -0.15) is 0 Å². The highest BCUT2D eigenvalue weighted by atomic mass is 16.7. The first-order valence-corrected chi connectivity index (χ1v) is 22.9. The van der Waals surface area contributed by atoms with E-state index >= 15 is 0 Å². The molecule has 4 aliphatic rings. The Morgan fingerprint density at radius 2 is 1.60 bits per heavy atom. The van der Waals surface area contributed by atoms with E-state index in [0.717, 1.165) is 77.5 Å². The molecule has 0 spiro atoms. The summed E-state index contributed by atoms with van der Waals surface area (Å²) in [4.78, 5) is 22.8. The van der Waals surface area contributed by atoms with Crippen LogP contribution in [0.15, 0.2) is 120 Å². The van der Waals surface area contributed by atoms with E-state index in [9.17, 15) is 20.1 Å². The van der Waals surface area contributed by atoms with Gasteiger partial charge < -0.3 is 44.0 Å². The molecular weight excluding hydrogens is 797 g/mol. The molecule has 8 rings (SSSR count). The van der Waals surface area contributed by atoms with Gasteiger partial charge in [0.1, 0.15) is 29.9 Å². The van der Waals surface area contributed by atoms with Crippen LogP contribution in [-0.2, 0) is 25.7 Å². The number of ether oxygens (including phenoxy) is 4. The second-order valence-corrected chi connectivity index (χ2v) is 17.3. The van der Waals surface area contributed by atoms with Crippen LogP contribution in [0.4, 0.5) is 0 Å². The van der Waals surface area contributed by atoms with Crippen molar-refractivity contribution in [2.45, 2.75) is 82.1 Å². The summed E-state index contributed by atoms with van der Waals surface area (Å²) in [6.07, 6.45) is 10.7. The van der Waals surface area contributed by atoms with Crippen LogP contribution in [0, 0.1) is 23.7 Å². The van der Waals surface area contributed by atoms with Crippen LogP contribution >= 0.6 is 0 Å². The average Bonchev–Trinajstić information content (AvgIpc) is 4.16. The number of carbonyl (C=O) groups is 1. The highest BCUT2D eigenvalue weighted by Gasteiger charge is 2.66. The van der Waals surface area contributed by atoms with Crippen molar-refractivity contribution in [3.8, 4) is 17.2 Å². The molecule has 3 aliphatic carbocycles.